The van der Waals surface area contributed by atoms with Gasteiger partial charge in [0.25, 0.3) is 0 Å². The molecular formula is C17H24N2O. The highest BCUT2D eigenvalue weighted by Crippen LogP contribution is 2.33. The SMILES string of the molecule is Nc1ccc2c(c1)N(C(=O)C1CCCCCCC1)CC2. The zero-order valence-electron chi connectivity index (χ0n) is 12.1. The lowest BCUT2D eigenvalue weighted by atomic mass is 9.90. The Hall–Kier alpha value is -1.51. The molecule has 3 rings (SSSR count). The first-order valence-electron chi connectivity index (χ1n) is 7.95. The molecule has 108 valence electrons. The summed E-state index contributed by atoms with van der Waals surface area (Å²) in [7, 11) is 0. The Morgan fingerprint density at radius 1 is 1.10 bits per heavy atom. The van der Waals surface area contributed by atoms with Crippen LogP contribution in [-0.4, -0.2) is 12.5 Å². The van der Waals surface area contributed by atoms with E-state index in [9.17, 15) is 4.79 Å². The summed E-state index contributed by atoms with van der Waals surface area (Å²) in [5.74, 6) is 0.555. The number of nitrogens with two attached hydrogens (primary N) is 1. The van der Waals surface area contributed by atoms with Crippen LogP contribution in [-0.2, 0) is 11.2 Å². The molecule has 1 aromatic carbocycles. The van der Waals surface area contributed by atoms with E-state index in [2.05, 4.69) is 6.07 Å². The first-order chi connectivity index (χ1) is 9.75. The number of rotatable bonds is 1. The average molecular weight is 272 g/mol. The smallest absolute Gasteiger partial charge is 0.230 e. The molecular weight excluding hydrogens is 248 g/mol. The second-order valence-electron chi connectivity index (χ2n) is 6.17. The summed E-state index contributed by atoms with van der Waals surface area (Å²) in [6.07, 6.45) is 9.40. The molecule has 0 radical (unpaired) electrons. The molecule has 0 aromatic heterocycles. The van der Waals surface area contributed by atoms with E-state index >= 15 is 0 Å². The number of anilines is 2. The Morgan fingerprint density at radius 2 is 1.80 bits per heavy atom. The minimum Gasteiger partial charge on any atom is -0.399 e. The number of nitrogen functional groups attached to an aromatic ring is 1. The second kappa shape index (κ2) is 5.86. The largest absolute Gasteiger partial charge is 0.399 e. The van der Waals surface area contributed by atoms with Gasteiger partial charge in [-0.1, -0.05) is 38.2 Å². The quantitative estimate of drug-likeness (QED) is 0.795. The van der Waals surface area contributed by atoms with E-state index in [0.717, 1.165) is 37.2 Å². The summed E-state index contributed by atoms with van der Waals surface area (Å²) in [4.78, 5) is 14.8. The van der Waals surface area contributed by atoms with Crippen molar-refractivity contribution in [1.29, 1.82) is 0 Å². The van der Waals surface area contributed by atoms with Crippen LogP contribution in [0.15, 0.2) is 18.2 Å². The zero-order chi connectivity index (χ0) is 13.9. The first-order valence-corrected chi connectivity index (χ1v) is 7.95. The molecule has 0 spiro atoms. The maximum atomic E-state index is 12.8. The highest BCUT2D eigenvalue weighted by atomic mass is 16.2. The number of benzene rings is 1. The van der Waals surface area contributed by atoms with Crippen LogP contribution in [0.5, 0.6) is 0 Å². The van der Waals surface area contributed by atoms with Crippen molar-refractivity contribution in [2.24, 2.45) is 5.92 Å². The average Bonchev–Trinajstić information content (AvgIpc) is 2.80. The van der Waals surface area contributed by atoms with E-state index in [1.54, 1.807) is 0 Å². The molecule has 1 saturated carbocycles. The van der Waals surface area contributed by atoms with Crippen molar-refractivity contribution in [3.05, 3.63) is 23.8 Å². The van der Waals surface area contributed by atoms with Crippen LogP contribution in [0.2, 0.25) is 0 Å². The molecule has 0 atom stereocenters. The Labute approximate surface area is 121 Å². The first kappa shape index (κ1) is 13.5. The number of hydrogen-bond donors (Lipinski definition) is 1. The summed E-state index contributed by atoms with van der Waals surface area (Å²) in [5.41, 5.74) is 8.95. The zero-order valence-corrected chi connectivity index (χ0v) is 12.1. The number of hydrogen-bond acceptors (Lipinski definition) is 2. The molecule has 1 heterocycles. The number of fused-ring (bicyclic) bond motifs is 1. The maximum Gasteiger partial charge on any atom is 0.230 e. The Kier molecular flexibility index (Phi) is 3.95. The molecule has 20 heavy (non-hydrogen) atoms. The van der Waals surface area contributed by atoms with Gasteiger partial charge in [-0.25, -0.2) is 0 Å². The minimum atomic E-state index is 0.225. The number of nitrogens with zero attached hydrogens (tertiary/aromatic N) is 1. The fourth-order valence-electron chi connectivity index (χ4n) is 3.55. The number of carbonyl (C=O) groups excluding carboxylic acids is 1. The standard InChI is InChI=1S/C17H24N2O/c18-15-9-8-13-10-11-19(16(13)12-15)17(20)14-6-4-2-1-3-5-7-14/h8-9,12,14H,1-7,10-11,18H2. The topological polar surface area (TPSA) is 46.3 Å². The third-order valence-electron chi connectivity index (χ3n) is 4.73. The number of carbonyl (C=O) groups is 1. The fraction of sp³-hybridized carbons (Fsp3) is 0.588. The van der Waals surface area contributed by atoms with E-state index in [0.29, 0.717) is 5.91 Å². The molecule has 0 bridgehead atoms. The van der Waals surface area contributed by atoms with Gasteiger partial charge in [-0.3, -0.25) is 4.79 Å². The van der Waals surface area contributed by atoms with Crippen LogP contribution in [0.3, 0.4) is 0 Å². The van der Waals surface area contributed by atoms with Gasteiger partial charge < -0.3 is 10.6 Å². The Bertz CT molecular complexity index is 490. The fourth-order valence-corrected chi connectivity index (χ4v) is 3.55. The molecule has 1 aliphatic carbocycles. The van der Waals surface area contributed by atoms with Gasteiger partial charge in [0, 0.05) is 23.8 Å². The Morgan fingerprint density at radius 3 is 2.55 bits per heavy atom. The van der Waals surface area contributed by atoms with E-state index in [1.807, 2.05) is 17.0 Å². The van der Waals surface area contributed by atoms with Crippen LogP contribution in [0.4, 0.5) is 11.4 Å². The van der Waals surface area contributed by atoms with E-state index in [-0.39, 0.29) is 5.92 Å². The second-order valence-corrected chi connectivity index (χ2v) is 6.17. The predicted octanol–water partition coefficient (Wildman–Crippen LogP) is 3.52. The summed E-state index contributed by atoms with van der Waals surface area (Å²) in [6, 6.07) is 5.96. The third kappa shape index (κ3) is 2.67. The van der Waals surface area contributed by atoms with E-state index < -0.39 is 0 Å². The van der Waals surface area contributed by atoms with Gasteiger partial charge >= 0.3 is 0 Å². The third-order valence-corrected chi connectivity index (χ3v) is 4.73. The van der Waals surface area contributed by atoms with Crippen molar-refractivity contribution in [2.45, 2.75) is 51.4 Å². The van der Waals surface area contributed by atoms with Crippen LogP contribution in [0, 0.1) is 5.92 Å². The van der Waals surface area contributed by atoms with Gasteiger partial charge in [0.15, 0.2) is 0 Å². The maximum absolute atomic E-state index is 12.8. The van der Waals surface area contributed by atoms with Gasteiger partial charge in [0.2, 0.25) is 5.91 Å². The van der Waals surface area contributed by atoms with Gasteiger partial charge in [0.05, 0.1) is 0 Å². The summed E-state index contributed by atoms with van der Waals surface area (Å²) < 4.78 is 0. The van der Waals surface area contributed by atoms with Gasteiger partial charge in [-0.05, 0) is 37.0 Å². The van der Waals surface area contributed by atoms with Crippen LogP contribution >= 0.6 is 0 Å². The van der Waals surface area contributed by atoms with Crippen molar-refractivity contribution in [3.8, 4) is 0 Å². The predicted molar refractivity (Wildman–Crippen MR) is 82.7 cm³/mol. The monoisotopic (exact) mass is 272 g/mol. The Balaban J connectivity index is 1.76. The van der Waals surface area contributed by atoms with Crippen LogP contribution < -0.4 is 10.6 Å². The molecule has 3 nitrogen and oxygen atoms in total. The van der Waals surface area contributed by atoms with Gasteiger partial charge in [-0.15, -0.1) is 0 Å². The molecule has 1 aromatic rings. The van der Waals surface area contributed by atoms with Crippen molar-refractivity contribution in [1.82, 2.24) is 0 Å². The molecule has 0 saturated heterocycles. The van der Waals surface area contributed by atoms with Crippen molar-refractivity contribution in [2.75, 3.05) is 17.2 Å². The van der Waals surface area contributed by atoms with Gasteiger partial charge in [-0.2, -0.15) is 0 Å². The van der Waals surface area contributed by atoms with Crippen LogP contribution in [0.25, 0.3) is 0 Å². The molecule has 1 aliphatic heterocycles. The molecule has 3 heteroatoms. The lowest BCUT2D eigenvalue weighted by Gasteiger charge is -2.25. The highest BCUT2D eigenvalue weighted by molar-refractivity contribution is 5.97. The normalized spacial score (nSPS) is 20.3. The highest BCUT2D eigenvalue weighted by Gasteiger charge is 2.30. The molecule has 0 unspecified atom stereocenters. The van der Waals surface area contributed by atoms with Gasteiger partial charge in [0.1, 0.15) is 0 Å². The molecule has 1 fully saturated rings. The molecule has 1 amide bonds. The minimum absolute atomic E-state index is 0.225. The van der Waals surface area contributed by atoms with Crippen LogP contribution in [0.1, 0.15) is 50.5 Å². The van der Waals surface area contributed by atoms with E-state index in [1.165, 1.54) is 37.7 Å². The molecule has 2 aliphatic rings. The van der Waals surface area contributed by atoms with Crippen molar-refractivity contribution in [3.63, 3.8) is 0 Å². The van der Waals surface area contributed by atoms with Crippen molar-refractivity contribution >= 4 is 17.3 Å². The van der Waals surface area contributed by atoms with Crippen molar-refractivity contribution < 1.29 is 4.79 Å². The summed E-state index contributed by atoms with van der Waals surface area (Å²) >= 11 is 0. The van der Waals surface area contributed by atoms with E-state index in [4.69, 9.17) is 5.73 Å². The molecule has 2 N–H and O–H groups in total. The lowest BCUT2D eigenvalue weighted by molar-refractivity contribution is -0.122. The number of amides is 1. The summed E-state index contributed by atoms with van der Waals surface area (Å²) in [5, 5.41) is 0. The summed E-state index contributed by atoms with van der Waals surface area (Å²) in [6.45, 7) is 0.828. The lowest BCUT2D eigenvalue weighted by Crippen LogP contribution is -2.35.